The van der Waals surface area contributed by atoms with E-state index in [2.05, 4.69) is 24.1 Å². The topological polar surface area (TPSA) is 51.0 Å². The molecule has 1 N–H and O–H groups in total. The van der Waals surface area contributed by atoms with Gasteiger partial charge in [0, 0.05) is 31.0 Å². The van der Waals surface area contributed by atoms with Gasteiger partial charge in [-0.2, -0.15) is 0 Å². The number of rotatable bonds is 2. The van der Waals surface area contributed by atoms with Gasteiger partial charge in [0.2, 0.25) is 0 Å². The Balaban J connectivity index is 2.18. The van der Waals surface area contributed by atoms with E-state index >= 15 is 0 Å². The Bertz CT molecular complexity index is 546. The standard InChI is InChI=1S/C14H17N3O/c1-9(2)14-16-11-5-6-15-8-10(11)13(17-14)12-4-3-7-18-12/h3-4,7,9,15H,5-6,8H2,1-2H3. The summed E-state index contributed by atoms with van der Waals surface area (Å²) in [5.41, 5.74) is 3.29. The highest BCUT2D eigenvalue weighted by atomic mass is 16.3. The van der Waals surface area contributed by atoms with E-state index in [-0.39, 0.29) is 0 Å². The number of fused-ring (bicyclic) bond motifs is 1. The van der Waals surface area contributed by atoms with Crippen LogP contribution in [-0.4, -0.2) is 16.5 Å². The summed E-state index contributed by atoms with van der Waals surface area (Å²) in [6, 6.07) is 3.86. The number of hydrogen-bond acceptors (Lipinski definition) is 4. The Morgan fingerprint density at radius 1 is 1.33 bits per heavy atom. The molecule has 0 saturated carbocycles. The van der Waals surface area contributed by atoms with Crippen molar-refractivity contribution in [1.29, 1.82) is 0 Å². The molecule has 1 aliphatic rings. The molecule has 3 rings (SSSR count). The maximum Gasteiger partial charge on any atom is 0.152 e. The van der Waals surface area contributed by atoms with E-state index in [1.807, 2.05) is 12.1 Å². The minimum absolute atomic E-state index is 0.332. The van der Waals surface area contributed by atoms with Gasteiger partial charge in [0.05, 0.1) is 12.0 Å². The van der Waals surface area contributed by atoms with E-state index in [0.29, 0.717) is 5.92 Å². The monoisotopic (exact) mass is 243 g/mol. The Morgan fingerprint density at radius 2 is 2.22 bits per heavy atom. The van der Waals surface area contributed by atoms with Gasteiger partial charge in [-0.15, -0.1) is 0 Å². The van der Waals surface area contributed by atoms with Gasteiger partial charge in [-0.05, 0) is 12.1 Å². The van der Waals surface area contributed by atoms with Gasteiger partial charge >= 0.3 is 0 Å². The molecule has 0 spiro atoms. The maximum absolute atomic E-state index is 5.50. The molecule has 94 valence electrons. The lowest BCUT2D eigenvalue weighted by Gasteiger charge is -2.20. The number of nitrogens with zero attached hydrogens (tertiary/aromatic N) is 2. The van der Waals surface area contributed by atoms with Crippen molar-refractivity contribution in [3.8, 4) is 11.5 Å². The predicted octanol–water partition coefficient (Wildman–Crippen LogP) is 2.51. The first-order valence-electron chi connectivity index (χ1n) is 6.40. The van der Waals surface area contributed by atoms with E-state index in [1.54, 1.807) is 6.26 Å². The van der Waals surface area contributed by atoms with Crippen molar-refractivity contribution in [3.63, 3.8) is 0 Å². The van der Waals surface area contributed by atoms with Gasteiger partial charge in [-0.25, -0.2) is 9.97 Å². The van der Waals surface area contributed by atoms with Crippen LogP contribution in [0.25, 0.3) is 11.5 Å². The van der Waals surface area contributed by atoms with Gasteiger partial charge in [-0.3, -0.25) is 0 Å². The van der Waals surface area contributed by atoms with Crippen molar-refractivity contribution in [2.45, 2.75) is 32.7 Å². The highest BCUT2D eigenvalue weighted by Crippen LogP contribution is 2.27. The average Bonchev–Trinajstić information content (AvgIpc) is 2.91. The molecule has 2 aromatic rings. The average molecular weight is 243 g/mol. The van der Waals surface area contributed by atoms with Crippen LogP contribution in [0.4, 0.5) is 0 Å². The molecular weight excluding hydrogens is 226 g/mol. The van der Waals surface area contributed by atoms with Crippen LogP contribution >= 0.6 is 0 Å². The fraction of sp³-hybridized carbons (Fsp3) is 0.429. The van der Waals surface area contributed by atoms with Crippen molar-refractivity contribution in [3.05, 3.63) is 35.5 Å². The highest BCUT2D eigenvalue weighted by Gasteiger charge is 2.20. The number of furan rings is 1. The minimum Gasteiger partial charge on any atom is -0.463 e. The van der Waals surface area contributed by atoms with Crippen LogP contribution in [0.2, 0.25) is 0 Å². The van der Waals surface area contributed by atoms with Crippen molar-refractivity contribution >= 4 is 0 Å². The molecule has 2 aromatic heterocycles. The summed E-state index contributed by atoms with van der Waals surface area (Å²) in [5.74, 6) is 2.07. The quantitative estimate of drug-likeness (QED) is 0.880. The molecule has 4 nitrogen and oxygen atoms in total. The summed E-state index contributed by atoms with van der Waals surface area (Å²) in [6.07, 6.45) is 2.65. The van der Waals surface area contributed by atoms with Gasteiger partial charge in [0.25, 0.3) is 0 Å². The summed E-state index contributed by atoms with van der Waals surface area (Å²) in [4.78, 5) is 9.37. The third kappa shape index (κ3) is 1.93. The molecule has 0 atom stereocenters. The molecule has 1 aliphatic heterocycles. The van der Waals surface area contributed by atoms with Crippen LogP contribution in [0.15, 0.2) is 22.8 Å². The Morgan fingerprint density at radius 3 is 2.94 bits per heavy atom. The highest BCUT2D eigenvalue weighted by molar-refractivity contribution is 5.58. The van der Waals surface area contributed by atoms with Crippen molar-refractivity contribution in [1.82, 2.24) is 15.3 Å². The molecule has 18 heavy (non-hydrogen) atoms. The molecule has 0 bridgehead atoms. The number of aromatic nitrogens is 2. The Kier molecular flexibility index (Phi) is 2.88. The van der Waals surface area contributed by atoms with Gasteiger partial charge < -0.3 is 9.73 Å². The van der Waals surface area contributed by atoms with E-state index in [4.69, 9.17) is 9.40 Å². The summed E-state index contributed by atoms with van der Waals surface area (Å²) in [7, 11) is 0. The van der Waals surface area contributed by atoms with Crippen LogP contribution in [-0.2, 0) is 13.0 Å². The van der Waals surface area contributed by atoms with Gasteiger partial charge in [0.15, 0.2) is 5.76 Å². The smallest absolute Gasteiger partial charge is 0.152 e. The van der Waals surface area contributed by atoms with Crippen molar-refractivity contribution in [2.75, 3.05) is 6.54 Å². The van der Waals surface area contributed by atoms with Crippen molar-refractivity contribution < 1.29 is 4.42 Å². The summed E-state index contributed by atoms with van der Waals surface area (Å²) >= 11 is 0. The first-order valence-corrected chi connectivity index (χ1v) is 6.40. The van der Waals surface area contributed by atoms with E-state index < -0.39 is 0 Å². The lowest BCUT2D eigenvalue weighted by molar-refractivity contribution is 0.569. The fourth-order valence-electron chi connectivity index (χ4n) is 2.24. The second-order valence-corrected chi connectivity index (χ2v) is 4.91. The third-order valence-corrected chi connectivity index (χ3v) is 3.22. The molecule has 0 fully saturated rings. The van der Waals surface area contributed by atoms with Crippen LogP contribution in [0.1, 0.15) is 36.8 Å². The number of hydrogen-bond donors (Lipinski definition) is 1. The molecule has 0 amide bonds. The van der Waals surface area contributed by atoms with Crippen LogP contribution in [0, 0.1) is 0 Å². The Labute approximate surface area is 106 Å². The zero-order valence-electron chi connectivity index (χ0n) is 10.7. The zero-order valence-corrected chi connectivity index (χ0v) is 10.7. The Hall–Kier alpha value is -1.68. The summed E-state index contributed by atoms with van der Waals surface area (Å²) < 4.78 is 5.50. The second-order valence-electron chi connectivity index (χ2n) is 4.91. The zero-order chi connectivity index (χ0) is 12.5. The largest absolute Gasteiger partial charge is 0.463 e. The molecule has 0 saturated heterocycles. The lowest BCUT2D eigenvalue weighted by atomic mass is 10.0. The molecule has 4 heteroatoms. The van der Waals surface area contributed by atoms with E-state index in [0.717, 1.165) is 36.8 Å². The van der Waals surface area contributed by atoms with Gasteiger partial charge in [-0.1, -0.05) is 13.8 Å². The molecule has 0 aliphatic carbocycles. The molecule has 0 radical (unpaired) electrons. The number of nitrogens with one attached hydrogen (secondary N) is 1. The van der Waals surface area contributed by atoms with Gasteiger partial charge in [0.1, 0.15) is 11.5 Å². The van der Waals surface area contributed by atoms with Crippen LogP contribution in [0.5, 0.6) is 0 Å². The van der Waals surface area contributed by atoms with E-state index in [1.165, 1.54) is 11.3 Å². The minimum atomic E-state index is 0.332. The maximum atomic E-state index is 5.50. The molecule has 0 aromatic carbocycles. The van der Waals surface area contributed by atoms with E-state index in [9.17, 15) is 0 Å². The van der Waals surface area contributed by atoms with Crippen LogP contribution in [0.3, 0.4) is 0 Å². The first-order chi connectivity index (χ1) is 8.75. The molecular formula is C14H17N3O. The van der Waals surface area contributed by atoms with Crippen LogP contribution < -0.4 is 5.32 Å². The fourth-order valence-corrected chi connectivity index (χ4v) is 2.24. The SMILES string of the molecule is CC(C)c1nc2c(c(-c3ccco3)n1)CNCC2. The summed E-state index contributed by atoms with van der Waals surface area (Å²) in [6.45, 7) is 6.05. The summed E-state index contributed by atoms with van der Waals surface area (Å²) in [5, 5.41) is 3.37. The lowest BCUT2D eigenvalue weighted by Crippen LogP contribution is -2.26. The third-order valence-electron chi connectivity index (χ3n) is 3.22. The normalized spacial score (nSPS) is 14.8. The predicted molar refractivity (Wildman–Crippen MR) is 69.2 cm³/mol. The van der Waals surface area contributed by atoms with Crippen molar-refractivity contribution in [2.24, 2.45) is 0 Å². The second kappa shape index (κ2) is 4.53. The molecule has 0 unspecified atom stereocenters. The molecule has 3 heterocycles. The first kappa shape index (κ1) is 11.4.